The van der Waals surface area contributed by atoms with Gasteiger partial charge in [-0.1, -0.05) is 0 Å². The standard InChI is InChI=1S/C8H4INO2/c9-5-1-2-7-6(3-5)8(11)10-4-12-7/h1-4H. The van der Waals surface area contributed by atoms with Crippen LogP contribution >= 0.6 is 22.6 Å². The zero-order valence-corrected chi connectivity index (χ0v) is 8.11. The van der Waals surface area contributed by atoms with E-state index in [1.807, 2.05) is 6.07 Å². The molecule has 0 bridgehead atoms. The highest BCUT2D eigenvalue weighted by Crippen LogP contribution is 2.12. The number of benzene rings is 1. The van der Waals surface area contributed by atoms with Crippen LogP contribution in [-0.4, -0.2) is 4.98 Å². The molecule has 60 valence electrons. The molecule has 0 spiro atoms. The number of hydrogen-bond acceptors (Lipinski definition) is 3. The fourth-order valence-electron chi connectivity index (χ4n) is 0.973. The van der Waals surface area contributed by atoms with E-state index >= 15 is 0 Å². The van der Waals surface area contributed by atoms with Gasteiger partial charge in [0, 0.05) is 3.57 Å². The van der Waals surface area contributed by atoms with Gasteiger partial charge >= 0.3 is 0 Å². The van der Waals surface area contributed by atoms with Crippen molar-refractivity contribution in [1.82, 2.24) is 4.98 Å². The Morgan fingerprint density at radius 2 is 2.25 bits per heavy atom. The fourth-order valence-corrected chi connectivity index (χ4v) is 1.46. The highest BCUT2D eigenvalue weighted by atomic mass is 127. The number of nitrogens with zero attached hydrogens (tertiary/aromatic N) is 1. The van der Waals surface area contributed by atoms with Crippen LogP contribution in [0.3, 0.4) is 0 Å². The molecule has 0 atom stereocenters. The molecule has 2 aromatic rings. The maximum Gasteiger partial charge on any atom is 0.283 e. The Kier molecular flexibility index (Phi) is 1.84. The van der Waals surface area contributed by atoms with E-state index in [0.29, 0.717) is 11.0 Å². The second-order valence-electron chi connectivity index (χ2n) is 2.30. The van der Waals surface area contributed by atoms with Gasteiger partial charge in [0.1, 0.15) is 5.58 Å². The van der Waals surface area contributed by atoms with Gasteiger partial charge in [-0.15, -0.1) is 0 Å². The molecule has 1 aromatic heterocycles. The van der Waals surface area contributed by atoms with Crippen molar-refractivity contribution in [3.63, 3.8) is 0 Å². The Bertz CT molecular complexity index is 478. The largest absolute Gasteiger partial charge is 0.445 e. The molecule has 2 rings (SSSR count). The summed E-state index contributed by atoms with van der Waals surface area (Å²) in [5, 5.41) is 0.532. The Labute approximate surface area is 81.6 Å². The van der Waals surface area contributed by atoms with Crippen LogP contribution in [0.2, 0.25) is 0 Å². The lowest BCUT2D eigenvalue weighted by Gasteiger charge is -1.93. The van der Waals surface area contributed by atoms with Crippen molar-refractivity contribution >= 4 is 33.6 Å². The normalized spacial score (nSPS) is 10.4. The Morgan fingerprint density at radius 1 is 1.42 bits per heavy atom. The highest BCUT2D eigenvalue weighted by Gasteiger charge is 1.99. The van der Waals surface area contributed by atoms with Crippen molar-refractivity contribution in [2.24, 2.45) is 0 Å². The Balaban J connectivity index is 2.98. The van der Waals surface area contributed by atoms with E-state index in [-0.39, 0.29) is 5.56 Å². The minimum atomic E-state index is -0.241. The third-order valence-corrected chi connectivity index (χ3v) is 2.19. The molecular formula is C8H4INO2. The Morgan fingerprint density at radius 3 is 3.08 bits per heavy atom. The second kappa shape index (κ2) is 2.85. The first kappa shape index (κ1) is 7.72. The molecule has 3 nitrogen and oxygen atoms in total. The van der Waals surface area contributed by atoms with Crippen LogP contribution in [0.5, 0.6) is 0 Å². The van der Waals surface area contributed by atoms with Crippen molar-refractivity contribution in [2.75, 3.05) is 0 Å². The number of halogens is 1. The lowest BCUT2D eigenvalue weighted by molar-refractivity contribution is 0.576. The quantitative estimate of drug-likeness (QED) is 0.687. The maximum atomic E-state index is 11.2. The van der Waals surface area contributed by atoms with E-state index in [9.17, 15) is 4.79 Å². The first-order chi connectivity index (χ1) is 5.77. The van der Waals surface area contributed by atoms with Gasteiger partial charge in [-0.3, -0.25) is 4.79 Å². The molecule has 0 unspecified atom stereocenters. The van der Waals surface area contributed by atoms with E-state index in [4.69, 9.17) is 4.42 Å². The van der Waals surface area contributed by atoms with Crippen LogP contribution in [0.15, 0.2) is 33.8 Å². The summed E-state index contributed by atoms with van der Waals surface area (Å²) in [5.74, 6) is 0. The van der Waals surface area contributed by atoms with Crippen molar-refractivity contribution < 1.29 is 4.42 Å². The van der Waals surface area contributed by atoms with Gasteiger partial charge in [-0.05, 0) is 40.8 Å². The molecule has 0 N–H and O–H groups in total. The number of fused-ring (bicyclic) bond motifs is 1. The highest BCUT2D eigenvalue weighted by molar-refractivity contribution is 14.1. The first-order valence-electron chi connectivity index (χ1n) is 3.30. The number of hydrogen-bond donors (Lipinski definition) is 0. The molecule has 0 saturated carbocycles. The molecule has 0 aliphatic heterocycles. The van der Waals surface area contributed by atoms with E-state index < -0.39 is 0 Å². The van der Waals surface area contributed by atoms with Gasteiger partial charge in [-0.25, -0.2) is 0 Å². The van der Waals surface area contributed by atoms with Crippen molar-refractivity contribution in [3.8, 4) is 0 Å². The van der Waals surface area contributed by atoms with Crippen LogP contribution in [0.25, 0.3) is 11.0 Å². The molecule has 0 radical (unpaired) electrons. The predicted octanol–water partition coefficient (Wildman–Crippen LogP) is 1.79. The van der Waals surface area contributed by atoms with Gasteiger partial charge < -0.3 is 4.42 Å². The van der Waals surface area contributed by atoms with Gasteiger partial charge in [0.15, 0.2) is 6.39 Å². The molecule has 1 aromatic carbocycles. The van der Waals surface area contributed by atoms with E-state index in [1.165, 1.54) is 0 Å². The van der Waals surface area contributed by atoms with Gasteiger partial charge in [0.2, 0.25) is 0 Å². The van der Waals surface area contributed by atoms with Gasteiger partial charge in [0.25, 0.3) is 5.56 Å². The van der Waals surface area contributed by atoms with Crippen molar-refractivity contribution in [3.05, 3.63) is 38.5 Å². The van der Waals surface area contributed by atoms with Crippen LogP contribution < -0.4 is 5.56 Å². The van der Waals surface area contributed by atoms with Crippen molar-refractivity contribution in [1.29, 1.82) is 0 Å². The summed E-state index contributed by atoms with van der Waals surface area (Å²) < 4.78 is 6.03. The number of rotatable bonds is 0. The summed E-state index contributed by atoms with van der Waals surface area (Å²) in [6.07, 6.45) is 1.16. The summed E-state index contributed by atoms with van der Waals surface area (Å²) in [6.45, 7) is 0. The fraction of sp³-hybridized carbons (Fsp3) is 0. The van der Waals surface area contributed by atoms with E-state index in [2.05, 4.69) is 27.6 Å². The van der Waals surface area contributed by atoms with E-state index in [0.717, 1.165) is 9.96 Å². The molecule has 0 saturated heterocycles. The Hall–Kier alpha value is -0.910. The maximum absolute atomic E-state index is 11.2. The minimum absolute atomic E-state index is 0.241. The predicted molar refractivity (Wildman–Crippen MR) is 53.0 cm³/mol. The molecule has 0 fully saturated rings. The van der Waals surface area contributed by atoms with Crippen molar-refractivity contribution in [2.45, 2.75) is 0 Å². The van der Waals surface area contributed by atoms with Gasteiger partial charge in [-0.2, -0.15) is 4.98 Å². The molecule has 0 amide bonds. The average Bonchev–Trinajstić information content (AvgIpc) is 2.07. The molecule has 12 heavy (non-hydrogen) atoms. The third-order valence-electron chi connectivity index (χ3n) is 1.52. The molecule has 4 heteroatoms. The van der Waals surface area contributed by atoms with Crippen LogP contribution in [0, 0.1) is 3.57 Å². The summed E-state index contributed by atoms with van der Waals surface area (Å²) in [6, 6.07) is 5.40. The van der Waals surface area contributed by atoms with Gasteiger partial charge in [0.05, 0.1) is 5.39 Å². The number of aromatic nitrogens is 1. The molecular weight excluding hydrogens is 269 g/mol. The summed E-state index contributed by atoms with van der Waals surface area (Å²) >= 11 is 2.14. The smallest absolute Gasteiger partial charge is 0.283 e. The lowest BCUT2D eigenvalue weighted by Crippen LogP contribution is -2.04. The van der Waals surface area contributed by atoms with Crippen LogP contribution in [0.1, 0.15) is 0 Å². The minimum Gasteiger partial charge on any atom is -0.445 e. The average molecular weight is 273 g/mol. The summed E-state index contributed by atoms with van der Waals surface area (Å²) in [4.78, 5) is 14.7. The topological polar surface area (TPSA) is 43.1 Å². The third kappa shape index (κ3) is 1.22. The first-order valence-corrected chi connectivity index (χ1v) is 4.38. The van der Waals surface area contributed by atoms with E-state index in [1.54, 1.807) is 12.1 Å². The SMILES string of the molecule is O=c1ncoc2ccc(I)cc12. The summed E-state index contributed by atoms with van der Waals surface area (Å²) in [5.41, 5.74) is 0.338. The van der Waals surface area contributed by atoms with Crippen LogP contribution in [0.4, 0.5) is 0 Å². The molecule has 0 aliphatic rings. The lowest BCUT2D eigenvalue weighted by atomic mass is 10.3. The zero-order chi connectivity index (χ0) is 8.55. The molecule has 0 aliphatic carbocycles. The monoisotopic (exact) mass is 273 g/mol. The zero-order valence-electron chi connectivity index (χ0n) is 5.95. The summed E-state index contributed by atoms with van der Waals surface area (Å²) in [7, 11) is 0. The van der Waals surface area contributed by atoms with Crippen LogP contribution in [-0.2, 0) is 0 Å². The second-order valence-corrected chi connectivity index (χ2v) is 3.54. The molecule has 1 heterocycles.